The van der Waals surface area contributed by atoms with Crippen LogP contribution in [0.15, 0.2) is 0 Å². The van der Waals surface area contributed by atoms with Crippen molar-refractivity contribution in [3.05, 3.63) is 0 Å². The Balaban J connectivity index is 0. The number of hydrogen-bond acceptors (Lipinski definition) is 6. The van der Waals surface area contributed by atoms with E-state index in [4.69, 9.17) is 18.0 Å². The molecule has 1 unspecified atom stereocenters. The number of nitrogens with zero attached hydrogens (tertiary/aromatic N) is 1. The Hall–Kier alpha value is -0.503. The first-order valence-corrected chi connectivity index (χ1v) is 14.2. The van der Waals surface area contributed by atoms with Gasteiger partial charge in [-0.2, -0.15) is 0 Å². The van der Waals surface area contributed by atoms with Crippen molar-refractivity contribution >= 4 is 22.6 Å². The molecule has 0 aromatic rings. The molecule has 0 rings (SSSR count). The van der Waals surface area contributed by atoms with E-state index in [1.54, 1.807) is 0 Å². The van der Waals surface area contributed by atoms with Crippen molar-refractivity contribution in [2.75, 3.05) is 60.7 Å². The minimum absolute atomic E-state index is 0.0357. The predicted molar refractivity (Wildman–Crippen MR) is 115 cm³/mol. The summed E-state index contributed by atoms with van der Waals surface area (Å²) in [6.45, 7) is 11.3. The molecule has 0 heterocycles. The van der Waals surface area contributed by atoms with Gasteiger partial charge in [0.1, 0.15) is 13.2 Å². The van der Waals surface area contributed by atoms with Crippen LogP contribution in [0.25, 0.3) is 0 Å². The van der Waals surface area contributed by atoms with Gasteiger partial charge in [-0.15, -0.1) is 0 Å². The van der Waals surface area contributed by atoms with Crippen LogP contribution in [0.3, 0.4) is 0 Å². The second-order valence-corrected chi connectivity index (χ2v) is 12.4. The number of carbonyl (C=O) groups is 1. The number of quaternary nitrogens is 1. The van der Waals surface area contributed by atoms with Gasteiger partial charge in [0.2, 0.25) is 0 Å². The van der Waals surface area contributed by atoms with E-state index >= 15 is 0 Å². The van der Waals surface area contributed by atoms with Crippen LogP contribution in [-0.2, 0) is 22.8 Å². The molecule has 32 heavy (non-hydrogen) atoms. The van der Waals surface area contributed by atoms with E-state index in [1.807, 2.05) is 20.8 Å². The van der Waals surface area contributed by atoms with Crippen LogP contribution in [0.5, 0.6) is 0 Å². The Kier molecular flexibility index (Phi) is 13.5. The van der Waals surface area contributed by atoms with Crippen molar-refractivity contribution in [3.8, 4) is 0 Å². The molecular weight excluding hydrogens is 485 g/mol. The molecule has 0 aromatic heterocycles. The third-order valence-corrected chi connectivity index (χ3v) is 7.16. The zero-order chi connectivity index (χ0) is 25.8. The van der Waals surface area contributed by atoms with E-state index in [0.717, 1.165) is 17.4 Å². The second kappa shape index (κ2) is 12.8. The van der Waals surface area contributed by atoms with Crippen molar-refractivity contribution in [1.29, 1.82) is 0 Å². The predicted octanol–water partition coefficient (Wildman–Crippen LogP) is 4.96. The molecule has 0 spiro atoms. The molecule has 0 radical (unpaired) electrons. The van der Waals surface area contributed by atoms with Crippen LogP contribution in [0.1, 0.15) is 40.5 Å². The fourth-order valence-corrected chi connectivity index (χ4v) is 5.36. The Labute approximate surface area is 187 Å². The Morgan fingerprint density at radius 3 is 1.62 bits per heavy atom. The van der Waals surface area contributed by atoms with Crippen molar-refractivity contribution in [3.63, 3.8) is 0 Å². The Bertz CT molecular complexity index is 521. The van der Waals surface area contributed by atoms with Gasteiger partial charge in [0, 0.05) is 26.4 Å². The maximum atomic E-state index is 11.9. The summed E-state index contributed by atoms with van der Waals surface area (Å²) in [4.78, 5) is 11.9. The van der Waals surface area contributed by atoms with E-state index < -0.39 is 16.6 Å². The molecule has 7 nitrogen and oxygen atoms in total. The average molecular weight is 525 g/mol. The van der Waals surface area contributed by atoms with Crippen LogP contribution in [-0.4, -0.2) is 85.6 Å². The second-order valence-electron chi connectivity index (χ2n) is 7.76. The van der Waals surface area contributed by atoms with Crippen LogP contribution >= 0.6 is 7.81 Å². The molecule has 0 fully saturated rings. The third-order valence-electron chi connectivity index (χ3n) is 3.62. The van der Waals surface area contributed by atoms with Crippen LogP contribution in [0.4, 0.5) is 25.2 Å². The van der Waals surface area contributed by atoms with Crippen LogP contribution < -0.4 is 5.32 Å². The molecule has 0 aliphatic heterocycles. The average Bonchev–Trinajstić information content (AvgIpc) is 2.55. The molecule has 1 N–H and O–H groups in total. The fraction of sp³-hybridized carbons (Fsp3) is 0.941. The van der Waals surface area contributed by atoms with Crippen molar-refractivity contribution in [2.45, 2.75) is 46.2 Å². The Morgan fingerprint density at radius 1 is 0.906 bits per heavy atom. The number of ether oxygens (including phenoxy) is 1. The minimum atomic E-state index is -10.7. The quantitative estimate of drug-likeness (QED) is 0.107. The molecule has 0 bridgehead atoms. The standard InChI is InChI=1S/C17H39N2O5Si.F6P/c1-8-16(25(22-9-2,23-10-3)24-11-4)18-13-12-17(20)21-15-14-19(5,6)7;1-7(2,3,4,5)6/h16,18H,8-15H2,1-7H3;/q+1;-1. The van der Waals surface area contributed by atoms with Gasteiger partial charge < -0.3 is 27.8 Å². The summed E-state index contributed by atoms with van der Waals surface area (Å²) >= 11 is 0. The van der Waals surface area contributed by atoms with Crippen molar-refractivity contribution in [2.24, 2.45) is 0 Å². The van der Waals surface area contributed by atoms with Gasteiger partial charge in [-0.25, -0.2) is 0 Å². The first kappa shape index (κ1) is 33.7. The molecule has 0 amide bonds. The number of hydrogen-bond donors (Lipinski definition) is 1. The molecule has 15 heteroatoms. The fourth-order valence-electron chi connectivity index (χ4n) is 2.40. The monoisotopic (exact) mass is 524 g/mol. The number of esters is 1. The van der Waals surface area contributed by atoms with Gasteiger partial charge in [0.05, 0.1) is 33.2 Å². The van der Waals surface area contributed by atoms with E-state index in [0.29, 0.717) is 39.4 Å². The molecule has 198 valence electrons. The summed E-state index contributed by atoms with van der Waals surface area (Å²) in [5.41, 5.74) is -0.0357. The van der Waals surface area contributed by atoms with Crippen LogP contribution in [0.2, 0.25) is 0 Å². The van der Waals surface area contributed by atoms with E-state index in [2.05, 4.69) is 33.4 Å². The molecule has 0 aliphatic carbocycles. The number of halogens is 6. The molecule has 0 saturated carbocycles. The number of carbonyl (C=O) groups excluding carboxylic acids is 1. The first-order valence-electron chi connectivity index (χ1n) is 10.4. The summed E-state index contributed by atoms with van der Waals surface area (Å²) in [6.07, 6.45) is 1.13. The van der Waals surface area contributed by atoms with E-state index in [1.165, 1.54) is 0 Å². The van der Waals surface area contributed by atoms with Crippen LogP contribution in [0, 0.1) is 0 Å². The van der Waals surface area contributed by atoms with Gasteiger partial charge in [-0.1, -0.05) is 6.92 Å². The number of likely N-dealkylation sites (N-methyl/N-ethyl adjacent to an activating group) is 1. The molecule has 0 aliphatic rings. The third kappa shape index (κ3) is 22.7. The maximum absolute atomic E-state index is 11.9. The molecular formula is C17H39F6N2O5PSi. The van der Waals surface area contributed by atoms with E-state index in [-0.39, 0.29) is 11.6 Å². The molecule has 0 aromatic carbocycles. The van der Waals surface area contributed by atoms with Gasteiger partial charge in [-0.05, 0) is 27.2 Å². The van der Waals surface area contributed by atoms with Crippen molar-refractivity contribution in [1.82, 2.24) is 5.32 Å². The summed E-state index contributed by atoms with van der Waals surface area (Å²) in [5, 5.41) is 3.38. The molecule has 1 atom stereocenters. The Morgan fingerprint density at radius 2 is 1.31 bits per heavy atom. The van der Waals surface area contributed by atoms with Gasteiger partial charge in [0.25, 0.3) is 0 Å². The van der Waals surface area contributed by atoms with E-state index in [9.17, 15) is 30.0 Å². The van der Waals surface area contributed by atoms with Gasteiger partial charge in [0.15, 0.2) is 0 Å². The summed E-state index contributed by atoms with van der Waals surface area (Å²) in [5.74, 6) is -0.188. The number of nitrogens with one attached hydrogen (secondary N) is 1. The number of rotatable bonds is 15. The summed E-state index contributed by atoms with van der Waals surface area (Å²) in [6, 6.07) is 0. The molecule has 0 saturated heterocycles. The summed E-state index contributed by atoms with van der Waals surface area (Å²) in [7, 11) is -7.26. The van der Waals surface area contributed by atoms with Gasteiger partial charge in [-0.3, -0.25) is 4.79 Å². The van der Waals surface area contributed by atoms with Gasteiger partial charge >= 0.3 is 47.8 Å². The zero-order valence-corrected chi connectivity index (χ0v) is 21.8. The topological polar surface area (TPSA) is 66.0 Å². The first-order chi connectivity index (χ1) is 14.2. The normalized spacial score (nSPS) is 15.8. The van der Waals surface area contributed by atoms with Crippen molar-refractivity contribution < 1.29 is 52.5 Å². The zero-order valence-electron chi connectivity index (χ0n) is 19.9. The SMILES string of the molecule is CCO[Si](OCC)(OCC)C(CC)NCCC(=O)OCC[N+](C)(C)C.F[P-](F)(F)(F)(F)F. The summed E-state index contributed by atoms with van der Waals surface area (Å²) < 4.78 is 83.1.